The van der Waals surface area contributed by atoms with E-state index in [1.54, 1.807) is 0 Å². The van der Waals surface area contributed by atoms with Gasteiger partial charge in [-0.1, -0.05) is 18.2 Å². The minimum atomic E-state index is -0.461. The summed E-state index contributed by atoms with van der Waals surface area (Å²) in [6, 6.07) is 10.1. The molecule has 0 atom stereocenters. The molecule has 66 valence electrons. The largest absolute Gasteiger partial charge is 0.398 e. The number of aryl methyl sites for hydroxylation is 1. The number of para-hydroxylation sites is 1. The van der Waals surface area contributed by atoms with Gasteiger partial charge in [-0.3, -0.25) is 0 Å². The number of hydrogen-bond acceptors (Lipinski definition) is 0. The van der Waals surface area contributed by atoms with Gasteiger partial charge in [-0.15, -0.1) is 0 Å². The van der Waals surface area contributed by atoms with Crippen LogP contribution in [0.25, 0.3) is 10.9 Å². The monoisotopic (exact) mass is 211 g/mol. The van der Waals surface area contributed by atoms with Gasteiger partial charge in [-0.05, 0) is 17.5 Å². The van der Waals surface area contributed by atoms with Gasteiger partial charge in [-0.25, -0.2) is 0 Å². The van der Waals surface area contributed by atoms with E-state index >= 15 is 0 Å². The third kappa shape index (κ3) is 1.45. The first-order chi connectivity index (χ1) is 6.20. The number of benzene rings is 1. The van der Waals surface area contributed by atoms with Crippen LogP contribution in [0, 0.1) is 0 Å². The van der Waals surface area contributed by atoms with Gasteiger partial charge in [0, 0.05) is 18.2 Å². The van der Waals surface area contributed by atoms with Crippen molar-refractivity contribution in [3.63, 3.8) is 0 Å². The normalized spacial score (nSPS) is 10.7. The molecule has 1 heterocycles. The van der Waals surface area contributed by atoms with Crippen LogP contribution in [0.4, 0.5) is 0 Å². The molecule has 0 aliphatic heterocycles. The van der Waals surface area contributed by atoms with E-state index in [0.29, 0.717) is 0 Å². The third-order valence-corrected chi connectivity index (χ3v) is 2.66. The van der Waals surface area contributed by atoms with Gasteiger partial charge in [0.15, 0.2) is 0 Å². The average molecular weight is 212 g/mol. The van der Waals surface area contributed by atoms with Crippen LogP contribution in [0.15, 0.2) is 30.3 Å². The lowest BCUT2D eigenvalue weighted by Crippen LogP contribution is -2.25. The number of hydrogen-bond donors (Lipinski definition) is 0. The maximum Gasteiger partial charge on any atom is 0.398 e. The number of halogens is 2. The summed E-state index contributed by atoms with van der Waals surface area (Å²) < 4.78 is 2.01. The first-order valence-electron chi connectivity index (χ1n) is 4.02. The van der Waals surface area contributed by atoms with Crippen LogP contribution < -0.4 is 5.59 Å². The van der Waals surface area contributed by atoms with Crippen molar-refractivity contribution in [3.05, 3.63) is 30.3 Å². The number of aromatic nitrogens is 1. The Kier molecular flexibility index (Phi) is 2.26. The van der Waals surface area contributed by atoms with Crippen molar-refractivity contribution < 1.29 is 0 Å². The summed E-state index contributed by atoms with van der Waals surface area (Å²) in [5, 5.41) is 1.17. The van der Waals surface area contributed by atoms with Crippen molar-refractivity contribution in [2.45, 2.75) is 0 Å². The lowest BCUT2D eigenvalue weighted by molar-refractivity contribution is 1.00. The van der Waals surface area contributed by atoms with Crippen LogP contribution in [0.5, 0.6) is 0 Å². The van der Waals surface area contributed by atoms with Gasteiger partial charge in [0.2, 0.25) is 0 Å². The zero-order valence-corrected chi connectivity index (χ0v) is 8.68. The Bertz CT molecular complexity index is 436. The SMILES string of the molecule is Cn1c(B(Cl)Cl)cc2ccccc21. The van der Waals surface area contributed by atoms with Crippen molar-refractivity contribution in [1.82, 2.24) is 4.57 Å². The fourth-order valence-electron chi connectivity index (χ4n) is 1.52. The molecular weight excluding hydrogens is 204 g/mol. The zero-order chi connectivity index (χ0) is 9.42. The molecular formula is C9H8BCl2N. The average Bonchev–Trinajstić information content (AvgIpc) is 2.45. The standard InChI is InChI=1S/C9H8BCl2N/c1-13-8-5-3-2-4-7(8)6-9(13)10(11)12/h2-6H,1H3. The van der Waals surface area contributed by atoms with Crippen LogP contribution >= 0.6 is 22.9 Å². The van der Waals surface area contributed by atoms with Gasteiger partial charge >= 0.3 is 5.54 Å². The second-order valence-electron chi connectivity index (χ2n) is 2.99. The second kappa shape index (κ2) is 3.28. The molecule has 0 fully saturated rings. The quantitative estimate of drug-likeness (QED) is 0.639. The molecule has 1 aromatic carbocycles. The molecule has 0 spiro atoms. The molecule has 0 bridgehead atoms. The summed E-state index contributed by atoms with van der Waals surface area (Å²) in [5.74, 6) is 0. The van der Waals surface area contributed by atoms with Crippen LogP contribution in [0.2, 0.25) is 0 Å². The van der Waals surface area contributed by atoms with E-state index < -0.39 is 5.54 Å². The Morgan fingerprint density at radius 2 is 1.92 bits per heavy atom. The van der Waals surface area contributed by atoms with Crippen LogP contribution in [0.1, 0.15) is 0 Å². The molecule has 0 saturated carbocycles. The summed E-state index contributed by atoms with van der Waals surface area (Å²) in [4.78, 5) is 0. The van der Waals surface area contributed by atoms with Gasteiger partial charge in [0.25, 0.3) is 0 Å². The fourth-order valence-corrected chi connectivity index (χ4v) is 1.94. The summed E-state index contributed by atoms with van der Waals surface area (Å²) in [5.41, 5.74) is 1.63. The molecule has 0 aliphatic rings. The van der Waals surface area contributed by atoms with Crippen molar-refractivity contribution in [2.24, 2.45) is 7.05 Å². The Balaban J connectivity index is 2.74. The lowest BCUT2D eigenvalue weighted by atomic mass is 10.0. The molecule has 1 aromatic heterocycles. The smallest absolute Gasteiger partial charge is 0.353 e. The summed E-state index contributed by atoms with van der Waals surface area (Å²) in [7, 11) is 1.97. The molecule has 2 rings (SSSR count). The minimum Gasteiger partial charge on any atom is -0.353 e. The molecule has 0 N–H and O–H groups in total. The van der Waals surface area contributed by atoms with E-state index in [1.807, 2.05) is 29.8 Å². The summed E-state index contributed by atoms with van der Waals surface area (Å²) >= 11 is 11.6. The van der Waals surface area contributed by atoms with Gasteiger partial charge in [0.1, 0.15) is 0 Å². The number of fused-ring (bicyclic) bond motifs is 1. The van der Waals surface area contributed by atoms with E-state index in [9.17, 15) is 0 Å². The highest BCUT2D eigenvalue weighted by Gasteiger charge is 2.15. The fraction of sp³-hybridized carbons (Fsp3) is 0.111. The van der Waals surface area contributed by atoms with Crippen molar-refractivity contribution in [3.8, 4) is 0 Å². The van der Waals surface area contributed by atoms with E-state index in [4.69, 9.17) is 22.9 Å². The predicted octanol–water partition coefficient (Wildman–Crippen LogP) is 2.35. The Morgan fingerprint density at radius 3 is 2.54 bits per heavy atom. The Morgan fingerprint density at radius 1 is 1.23 bits per heavy atom. The highest BCUT2D eigenvalue weighted by Crippen LogP contribution is 2.14. The molecule has 13 heavy (non-hydrogen) atoms. The van der Waals surface area contributed by atoms with Gasteiger partial charge in [-0.2, -0.15) is 22.9 Å². The highest BCUT2D eigenvalue weighted by molar-refractivity contribution is 7.39. The van der Waals surface area contributed by atoms with Crippen LogP contribution in [0.3, 0.4) is 0 Å². The van der Waals surface area contributed by atoms with E-state index in [1.165, 1.54) is 5.39 Å². The molecule has 0 unspecified atom stereocenters. The Labute approximate surface area is 87.2 Å². The van der Waals surface area contributed by atoms with Crippen molar-refractivity contribution in [1.29, 1.82) is 0 Å². The minimum absolute atomic E-state index is 0.461. The zero-order valence-electron chi connectivity index (χ0n) is 7.17. The maximum absolute atomic E-state index is 5.82. The second-order valence-corrected chi connectivity index (χ2v) is 4.08. The maximum atomic E-state index is 5.82. The van der Waals surface area contributed by atoms with E-state index in [-0.39, 0.29) is 0 Å². The van der Waals surface area contributed by atoms with Crippen molar-refractivity contribution in [2.75, 3.05) is 0 Å². The van der Waals surface area contributed by atoms with Crippen LogP contribution in [-0.2, 0) is 7.05 Å². The van der Waals surface area contributed by atoms with E-state index in [2.05, 4.69) is 12.1 Å². The molecule has 0 aliphatic carbocycles. The molecule has 2 aromatic rings. The number of nitrogens with zero attached hydrogens (tertiary/aromatic N) is 1. The first-order valence-corrected chi connectivity index (χ1v) is 4.90. The highest BCUT2D eigenvalue weighted by atomic mass is 35.5. The third-order valence-electron chi connectivity index (χ3n) is 2.21. The van der Waals surface area contributed by atoms with E-state index in [0.717, 1.165) is 11.1 Å². The van der Waals surface area contributed by atoms with Gasteiger partial charge < -0.3 is 4.57 Å². The number of rotatable bonds is 1. The molecule has 1 nitrogen and oxygen atoms in total. The summed E-state index contributed by atoms with van der Waals surface area (Å²) in [6.45, 7) is 0. The lowest BCUT2D eigenvalue weighted by Gasteiger charge is -2.01. The molecule has 0 amide bonds. The molecule has 0 saturated heterocycles. The molecule has 4 heteroatoms. The van der Waals surface area contributed by atoms with Crippen molar-refractivity contribution >= 4 is 45.0 Å². The topological polar surface area (TPSA) is 4.93 Å². The first kappa shape index (κ1) is 8.98. The predicted molar refractivity (Wildman–Crippen MR) is 60.0 cm³/mol. The Hall–Kier alpha value is -0.595. The molecule has 0 radical (unpaired) electrons. The summed E-state index contributed by atoms with van der Waals surface area (Å²) in [6.07, 6.45) is 0. The van der Waals surface area contributed by atoms with Gasteiger partial charge in [0.05, 0.1) is 0 Å². The van der Waals surface area contributed by atoms with Crippen LogP contribution in [-0.4, -0.2) is 10.1 Å².